The van der Waals surface area contributed by atoms with Gasteiger partial charge in [-0.25, -0.2) is 0 Å². The molecule has 0 heterocycles. The number of hydrogen-bond donors (Lipinski definition) is 1. The van der Waals surface area contributed by atoms with E-state index in [1.807, 2.05) is 0 Å². The van der Waals surface area contributed by atoms with Crippen LogP contribution in [0.1, 0.15) is 47.0 Å². The number of nitrogens with one attached hydrogen (secondary N) is 1. The normalized spacial score (nSPS) is 30.2. The van der Waals surface area contributed by atoms with Crippen LogP contribution < -0.4 is 5.32 Å². The molecule has 0 aromatic carbocycles. The third-order valence-corrected chi connectivity index (χ3v) is 4.48. The van der Waals surface area contributed by atoms with Gasteiger partial charge in [0.05, 0.1) is 0 Å². The summed E-state index contributed by atoms with van der Waals surface area (Å²) < 4.78 is 0. The van der Waals surface area contributed by atoms with Crippen molar-refractivity contribution in [2.75, 3.05) is 26.2 Å². The summed E-state index contributed by atoms with van der Waals surface area (Å²) in [4.78, 5) is 2.49. The molecule has 1 saturated carbocycles. The summed E-state index contributed by atoms with van der Waals surface area (Å²) in [7, 11) is 0. The number of hydrogen-bond acceptors (Lipinski definition) is 2. The average molecular weight is 226 g/mol. The maximum absolute atomic E-state index is 3.75. The Labute approximate surface area is 102 Å². The van der Waals surface area contributed by atoms with Gasteiger partial charge < -0.3 is 10.2 Å². The van der Waals surface area contributed by atoms with Crippen LogP contribution in [0.4, 0.5) is 0 Å². The van der Waals surface area contributed by atoms with Crippen molar-refractivity contribution < 1.29 is 0 Å². The van der Waals surface area contributed by atoms with Crippen LogP contribution in [0, 0.1) is 11.8 Å². The summed E-state index contributed by atoms with van der Waals surface area (Å²) in [5.41, 5.74) is 0. The second kappa shape index (κ2) is 7.29. The first kappa shape index (κ1) is 14.0. The first-order valence-electron chi connectivity index (χ1n) is 7.18. The van der Waals surface area contributed by atoms with Crippen LogP contribution in [0.25, 0.3) is 0 Å². The molecule has 1 rings (SSSR count). The van der Waals surface area contributed by atoms with Crippen molar-refractivity contribution >= 4 is 0 Å². The van der Waals surface area contributed by atoms with Crippen molar-refractivity contribution in [2.45, 2.75) is 53.0 Å². The molecule has 2 heteroatoms. The number of rotatable bonds is 7. The third kappa shape index (κ3) is 3.74. The van der Waals surface area contributed by atoms with Crippen LogP contribution in [0.15, 0.2) is 0 Å². The zero-order valence-corrected chi connectivity index (χ0v) is 11.6. The lowest BCUT2D eigenvalue weighted by molar-refractivity contribution is 0.282. The van der Waals surface area contributed by atoms with E-state index in [2.05, 4.69) is 37.9 Å². The lowest BCUT2D eigenvalue weighted by Gasteiger charge is -2.23. The smallest absolute Gasteiger partial charge is 0.0107 e. The van der Waals surface area contributed by atoms with Crippen LogP contribution in [-0.2, 0) is 0 Å². The van der Waals surface area contributed by atoms with Gasteiger partial charge in [0.15, 0.2) is 0 Å². The van der Waals surface area contributed by atoms with Crippen LogP contribution >= 0.6 is 0 Å². The lowest BCUT2D eigenvalue weighted by atomic mass is 9.93. The zero-order chi connectivity index (χ0) is 12.0. The van der Waals surface area contributed by atoms with Crippen molar-refractivity contribution in [3.05, 3.63) is 0 Å². The Bertz CT molecular complexity index is 178. The molecule has 3 atom stereocenters. The molecule has 0 amide bonds. The minimum Gasteiger partial charge on any atom is -0.312 e. The van der Waals surface area contributed by atoms with Crippen molar-refractivity contribution in [3.63, 3.8) is 0 Å². The highest BCUT2D eigenvalue weighted by Gasteiger charge is 2.30. The van der Waals surface area contributed by atoms with Gasteiger partial charge in [-0.1, -0.05) is 34.1 Å². The molecule has 0 radical (unpaired) electrons. The van der Waals surface area contributed by atoms with Gasteiger partial charge in [-0.05, 0) is 37.8 Å². The lowest BCUT2D eigenvalue weighted by Crippen LogP contribution is -2.39. The van der Waals surface area contributed by atoms with E-state index in [1.54, 1.807) is 0 Å². The highest BCUT2D eigenvalue weighted by Crippen LogP contribution is 2.33. The Morgan fingerprint density at radius 1 is 1.12 bits per heavy atom. The van der Waals surface area contributed by atoms with E-state index in [-0.39, 0.29) is 0 Å². The minimum atomic E-state index is 0.778. The van der Waals surface area contributed by atoms with Crippen molar-refractivity contribution in [1.82, 2.24) is 10.2 Å². The van der Waals surface area contributed by atoms with Gasteiger partial charge in [-0.3, -0.25) is 0 Å². The average Bonchev–Trinajstić information content (AvgIpc) is 2.66. The topological polar surface area (TPSA) is 15.3 Å². The van der Waals surface area contributed by atoms with Gasteiger partial charge in [-0.2, -0.15) is 0 Å². The molecule has 1 aliphatic carbocycles. The Morgan fingerprint density at radius 2 is 1.81 bits per heavy atom. The summed E-state index contributed by atoms with van der Waals surface area (Å²) in [5.74, 6) is 1.84. The second-order valence-corrected chi connectivity index (χ2v) is 5.19. The molecular formula is C14H30N2. The van der Waals surface area contributed by atoms with Crippen LogP contribution in [0.5, 0.6) is 0 Å². The summed E-state index contributed by atoms with van der Waals surface area (Å²) in [5, 5.41) is 3.75. The molecule has 1 fully saturated rings. The fourth-order valence-electron chi connectivity index (χ4n) is 3.06. The molecule has 3 unspecified atom stereocenters. The van der Waals surface area contributed by atoms with Crippen LogP contribution in [0.3, 0.4) is 0 Å². The van der Waals surface area contributed by atoms with E-state index in [4.69, 9.17) is 0 Å². The highest BCUT2D eigenvalue weighted by atomic mass is 15.1. The van der Waals surface area contributed by atoms with E-state index >= 15 is 0 Å². The Kier molecular flexibility index (Phi) is 6.37. The molecule has 0 bridgehead atoms. The standard InChI is InChI=1S/C14H30N2/c1-5-13-8-9-14(12(13)4)15-10-11-16(6-2)7-3/h12-15H,5-11H2,1-4H3. The van der Waals surface area contributed by atoms with Gasteiger partial charge in [0.25, 0.3) is 0 Å². The molecule has 0 spiro atoms. The SMILES string of the molecule is CCC1CCC(NCCN(CC)CC)C1C. The summed E-state index contributed by atoms with van der Waals surface area (Å²) in [6, 6.07) is 0.778. The molecule has 0 aromatic heterocycles. The summed E-state index contributed by atoms with van der Waals surface area (Å²) in [6.45, 7) is 14.0. The molecule has 0 aliphatic heterocycles. The van der Waals surface area contributed by atoms with E-state index in [0.717, 1.165) is 24.4 Å². The molecule has 0 aromatic rings. The molecule has 0 saturated heterocycles. The number of likely N-dealkylation sites (N-methyl/N-ethyl adjacent to an activating group) is 1. The predicted octanol–water partition coefficient (Wildman–Crippen LogP) is 2.74. The van der Waals surface area contributed by atoms with Crippen LogP contribution in [0.2, 0.25) is 0 Å². The quantitative estimate of drug-likeness (QED) is 0.718. The van der Waals surface area contributed by atoms with Crippen molar-refractivity contribution in [2.24, 2.45) is 11.8 Å². The van der Waals surface area contributed by atoms with Crippen molar-refractivity contribution in [3.8, 4) is 0 Å². The maximum Gasteiger partial charge on any atom is 0.0107 e. The predicted molar refractivity (Wildman–Crippen MR) is 71.8 cm³/mol. The molecule has 2 nitrogen and oxygen atoms in total. The minimum absolute atomic E-state index is 0.778. The number of nitrogens with zero attached hydrogens (tertiary/aromatic N) is 1. The highest BCUT2D eigenvalue weighted by molar-refractivity contribution is 4.86. The largest absolute Gasteiger partial charge is 0.312 e. The second-order valence-electron chi connectivity index (χ2n) is 5.19. The molecule has 1 N–H and O–H groups in total. The summed E-state index contributed by atoms with van der Waals surface area (Å²) in [6.07, 6.45) is 4.17. The first-order valence-corrected chi connectivity index (χ1v) is 7.18. The third-order valence-electron chi connectivity index (χ3n) is 4.48. The van der Waals surface area contributed by atoms with Gasteiger partial charge in [0.1, 0.15) is 0 Å². The van der Waals surface area contributed by atoms with Crippen molar-refractivity contribution in [1.29, 1.82) is 0 Å². The van der Waals surface area contributed by atoms with Gasteiger partial charge in [0.2, 0.25) is 0 Å². The van der Waals surface area contributed by atoms with Gasteiger partial charge in [0, 0.05) is 19.1 Å². The zero-order valence-electron chi connectivity index (χ0n) is 11.6. The van der Waals surface area contributed by atoms with E-state index in [1.165, 1.54) is 38.9 Å². The van der Waals surface area contributed by atoms with Crippen LogP contribution in [-0.4, -0.2) is 37.1 Å². The molecular weight excluding hydrogens is 196 g/mol. The maximum atomic E-state index is 3.75. The Balaban J connectivity index is 2.18. The first-order chi connectivity index (χ1) is 7.72. The fourth-order valence-corrected chi connectivity index (χ4v) is 3.06. The fraction of sp³-hybridized carbons (Fsp3) is 1.00. The molecule has 1 aliphatic rings. The van der Waals surface area contributed by atoms with Gasteiger partial charge >= 0.3 is 0 Å². The summed E-state index contributed by atoms with van der Waals surface area (Å²) >= 11 is 0. The molecule has 96 valence electrons. The molecule has 16 heavy (non-hydrogen) atoms. The van der Waals surface area contributed by atoms with E-state index in [9.17, 15) is 0 Å². The Morgan fingerprint density at radius 3 is 2.31 bits per heavy atom. The van der Waals surface area contributed by atoms with E-state index < -0.39 is 0 Å². The Hall–Kier alpha value is -0.0800. The monoisotopic (exact) mass is 226 g/mol. The van der Waals surface area contributed by atoms with Gasteiger partial charge in [-0.15, -0.1) is 0 Å². The van der Waals surface area contributed by atoms with E-state index in [0.29, 0.717) is 0 Å².